The molecule has 1 N–H and O–H groups in total. The number of anilines is 1. The lowest BCUT2D eigenvalue weighted by molar-refractivity contribution is -0.129. The van der Waals surface area contributed by atoms with Crippen molar-refractivity contribution < 1.29 is 14.0 Å². The summed E-state index contributed by atoms with van der Waals surface area (Å²) in [6, 6.07) is 9.59. The second kappa shape index (κ2) is 8.61. The molecule has 1 aliphatic heterocycles. The lowest BCUT2D eigenvalue weighted by atomic mass is 10.2. The van der Waals surface area contributed by atoms with E-state index in [1.54, 1.807) is 31.2 Å². The summed E-state index contributed by atoms with van der Waals surface area (Å²) in [6.07, 6.45) is 1.60. The van der Waals surface area contributed by atoms with Crippen LogP contribution in [0, 0.1) is 5.82 Å². The summed E-state index contributed by atoms with van der Waals surface area (Å²) in [4.78, 5) is 26.9. The van der Waals surface area contributed by atoms with E-state index in [-0.39, 0.29) is 4.32 Å². The first-order valence-corrected chi connectivity index (χ1v) is 10.0. The minimum atomic E-state index is -0.849. The van der Waals surface area contributed by atoms with Crippen LogP contribution in [0.5, 0.6) is 0 Å². The van der Waals surface area contributed by atoms with E-state index >= 15 is 0 Å². The summed E-state index contributed by atoms with van der Waals surface area (Å²) in [5, 5.41) is 3.34. The largest absolute Gasteiger partial charge is 0.324 e. The molecule has 1 atom stereocenters. The molecule has 1 saturated heterocycles. The highest BCUT2D eigenvalue weighted by atomic mass is 35.5. The van der Waals surface area contributed by atoms with Crippen LogP contribution in [0.2, 0.25) is 10.0 Å². The molecule has 1 unspecified atom stereocenters. The molecular weight excluding hydrogens is 442 g/mol. The third-order valence-electron chi connectivity index (χ3n) is 3.97. The average Bonchev–Trinajstić information content (AvgIpc) is 2.93. The van der Waals surface area contributed by atoms with Crippen LogP contribution in [0.3, 0.4) is 0 Å². The number of halogens is 3. The Morgan fingerprint density at radius 3 is 2.61 bits per heavy atom. The maximum atomic E-state index is 13.0. The standard InChI is InChI=1S/C19H13Cl2FN2O2S2/c1-10(17(25)23-13-7-5-12(22)6-8-13)24-18(26)15(28-19(24)27)9-11-3-2-4-14(20)16(11)21/h2-10H,1H3,(H,23,25)/b15-9-. The number of benzene rings is 2. The molecule has 2 amide bonds. The molecule has 3 rings (SSSR count). The Kier molecular flexibility index (Phi) is 6.40. The number of thioether (sulfide) groups is 1. The Bertz CT molecular complexity index is 996. The number of nitrogens with zero attached hydrogens (tertiary/aromatic N) is 1. The zero-order valence-electron chi connectivity index (χ0n) is 14.4. The van der Waals surface area contributed by atoms with E-state index in [1.165, 1.54) is 29.2 Å². The van der Waals surface area contributed by atoms with Gasteiger partial charge in [-0.05, 0) is 48.9 Å². The number of nitrogens with one attached hydrogen (secondary N) is 1. The van der Waals surface area contributed by atoms with Crippen LogP contribution in [0.25, 0.3) is 6.08 Å². The van der Waals surface area contributed by atoms with Gasteiger partial charge < -0.3 is 5.32 Å². The minimum Gasteiger partial charge on any atom is -0.324 e. The first-order chi connectivity index (χ1) is 13.3. The maximum Gasteiger partial charge on any atom is 0.266 e. The third-order valence-corrected chi connectivity index (χ3v) is 6.13. The highest BCUT2D eigenvalue weighted by Crippen LogP contribution is 2.36. The fourth-order valence-electron chi connectivity index (χ4n) is 2.48. The second-order valence-electron chi connectivity index (χ2n) is 5.87. The van der Waals surface area contributed by atoms with Crippen molar-refractivity contribution in [3.63, 3.8) is 0 Å². The molecular formula is C19H13Cl2FN2O2S2. The van der Waals surface area contributed by atoms with Crippen molar-refractivity contribution in [1.29, 1.82) is 0 Å². The summed E-state index contributed by atoms with van der Waals surface area (Å²) >= 11 is 18.5. The van der Waals surface area contributed by atoms with E-state index in [1.807, 2.05) is 0 Å². The van der Waals surface area contributed by atoms with Gasteiger partial charge in [-0.3, -0.25) is 14.5 Å². The highest BCUT2D eigenvalue weighted by molar-refractivity contribution is 8.26. The van der Waals surface area contributed by atoms with Crippen molar-refractivity contribution in [2.45, 2.75) is 13.0 Å². The molecule has 0 saturated carbocycles. The van der Waals surface area contributed by atoms with E-state index in [4.69, 9.17) is 35.4 Å². The zero-order chi connectivity index (χ0) is 20.4. The van der Waals surface area contributed by atoms with E-state index < -0.39 is 23.7 Å². The molecule has 144 valence electrons. The summed E-state index contributed by atoms with van der Waals surface area (Å²) in [6.45, 7) is 1.57. The molecule has 0 spiro atoms. The molecule has 2 aromatic rings. The van der Waals surface area contributed by atoms with Gasteiger partial charge in [-0.15, -0.1) is 0 Å². The van der Waals surface area contributed by atoms with Gasteiger partial charge in [0.1, 0.15) is 16.2 Å². The van der Waals surface area contributed by atoms with Gasteiger partial charge in [0, 0.05) is 5.69 Å². The van der Waals surface area contributed by atoms with Crippen LogP contribution >= 0.6 is 47.2 Å². The molecule has 0 aliphatic carbocycles. The number of amides is 2. The summed E-state index contributed by atoms with van der Waals surface area (Å²) in [7, 11) is 0. The molecule has 0 aromatic heterocycles. The SMILES string of the molecule is CC(C(=O)Nc1ccc(F)cc1)N1C(=O)/C(=C/c2cccc(Cl)c2Cl)SC1=S. The number of thiocarbonyl (C=S) groups is 1. The zero-order valence-corrected chi connectivity index (χ0v) is 17.6. The van der Waals surface area contributed by atoms with Crippen LogP contribution < -0.4 is 5.32 Å². The van der Waals surface area contributed by atoms with Crippen molar-refractivity contribution >= 4 is 75.1 Å². The van der Waals surface area contributed by atoms with Crippen LogP contribution in [-0.2, 0) is 9.59 Å². The average molecular weight is 455 g/mol. The Balaban J connectivity index is 1.79. The van der Waals surface area contributed by atoms with Crippen molar-refractivity contribution in [3.8, 4) is 0 Å². The maximum absolute atomic E-state index is 13.0. The van der Waals surface area contributed by atoms with Crippen LogP contribution in [0.1, 0.15) is 12.5 Å². The van der Waals surface area contributed by atoms with Gasteiger partial charge in [-0.25, -0.2) is 4.39 Å². The Morgan fingerprint density at radius 2 is 1.93 bits per heavy atom. The van der Waals surface area contributed by atoms with E-state index in [9.17, 15) is 14.0 Å². The van der Waals surface area contributed by atoms with Gasteiger partial charge in [-0.2, -0.15) is 0 Å². The number of hydrogen-bond donors (Lipinski definition) is 1. The van der Waals surface area contributed by atoms with Crippen LogP contribution in [0.15, 0.2) is 47.4 Å². The molecule has 4 nitrogen and oxygen atoms in total. The summed E-state index contributed by atoms with van der Waals surface area (Å²) in [5.41, 5.74) is 1.00. The minimum absolute atomic E-state index is 0.260. The first-order valence-electron chi connectivity index (χ1n) is 8.05. The molecule has 28 heavy (non-hydrogen) atoms. The van der Waals surface area contributed by atoms with Crippen LogP contribution in [0.4, 0.5) is 10.1 Å². The second-order valence-corrected chi connectivity index (χ2v) is 8.33. The van der Waals surface area contributed by atoms with Gasteiger partial charge in [0.2, 0.25) is 5.91 Å². The topological polar surface area (TPSA) is 49.4 Å². The number of carbonyl (C=O) groups excluding carboxylic acids is 2. The highest BCUT2D eigenvalue weighted by Gasteiger charge is 2.38. The van der Waals surface area contributed by atoms with Crippen molar-refractivity contribution in [2.24, 2.45) is 0 Å². The molecule has 1 fully saturated rings. The number of carbonyl (C=O) groups is 2. The normalized spacial score (nSPS) is 16.6. The van der Waals surface area contributed by atoms with Gasteiger partial charge >= 0.3 is 0 Å². The molecule has 9 heteroatoms. The van der Waals surface area contributed by atoms with E-state index in [0.717, 1.165) is 11.8 Å². The Labute approximate surface area is 180 Å². The predicted molar refractivity (Wildman–Crippen MR) is 116 cm³/mol. The lowest BCUT2D eigenvalue weighted by Crippen LogP contribution is -2.44. The Hall–Kier alpha value is -1.93. The quantitative estimate of drug-likeness (QED) is 0.498. The first kappa shape index (κ1) is 20.8. The van der Waals surface area contributed by atoms with Gasteiger partial charge in [0.15, 0.2) is 0 Å². The monoisotopic (exact) mass is 454 g/mol. The molecule has 1 heterocycles. The molecule has 1 aliphatic rings. The fourth-order valence-corrected chi connectivity index (χ4v) is 4.26. The smallest absolute Gasteiger partial charge is 0.266 e. The summed E-state index contributed by atoms with van der Waals surface area (Å²) < 4.78 is 13.3. The molecule has 0 radical (unpaired) electrons. The lowest BCUT2D eigenvalue weighted by Gasteiger charge is -2.22. The molecule has 2 aromatic carbocycles. The van der Waals surface area contributed by atoms with Gasteiger partial charge in [0.05, 0.1) is 15.0 Å². The third kappa shape index (κ3) is 4.38. The number of rotatable bonds is 4. The Morgan fingerprint density at radius 1 is 1.25 bits per heavy atom. The van der Waals surface area contributed by atoms with Gasteiger partial charge in [0.25, 0.3) is 5.91 Å². The van der Waals surface area contributed by atoms with E-state index in [0.29, 0.717) is 26.2 Å². The molecule has 0 bridgehead atoms. The number of hydrogen-bond acceptors (Lipinski definition) is 4. The van der Waals surface area contributed by atoms with E-state index in [2.05, 4.69) is 5.32 Å². The van der Waals surface area contributed by atoms with Crippen molar-refractivity contribution in [3.05, 3.63) is 68.8 Å². The van der Waals surface area contributed by atoms with Crippen molar-refractivity contribution in [2.75, 3.05) is 5.32 Å². The summed E-state index contributed by atoms with van der Waals surface area (Å²) in [5.74, 6) is -1.24. The van der Waals surface area contributed by atoms with Gasteiger partial charge in [-0.1, -0.05) is 59.3 Å². The fraction of sp³-hybridized carbons (Fsp3) is 0.105. The predicted octanol–water partition coefficient (Wildman–Crippen LogP) is 5.36. The van der Waals surface area contributed by atoms with Crippen molar-refractivity contribution in [1.82, 2.24) is 4.90 Å². The van der Waals surface area contributed by atoms with Crippen LogP contribution in [-0.4, -0.2) is 27.1 Å².